The molecule has 5 nitrogen and oxygen atoms in total. The number of nitrogens with one attached hydrogen (secondary N) is 2. The van der Waals surface area contributed by atoms with E-state index in [1.165, 1.54) is 18.2 Å². The molecule has 4 aromatic rings. The van der Waals surface area contributed by atoms with E-state index in [0.717, 1.165) is 23.0 Å². The third-order valence-corrected chi connectivity index (χ3v) is 5.06. The molecule has 2 heterocycles. The molecule has 0 saturated heterocycles. The number of fused-ring (bicyclic) bond motifs is 1. The molecular formula is C23H16ClF3N4O. The van der Waals surface area contributed by atoms with Gasteiger partial charge in [0.25, 0.3) is 0 Å². The maximum absolute atomic E-state index is 12.7. The second kappa shape index (κ2) is 8.81. The van der Waals surface area contributed by atoms with Gasteiger partial charge in [-0.3, -0.25) is 0 Å². The Morgan fingerprint density at radius 3 is 2.59 bits per heavy atom. The number of nitriles is 1. The summed E-state index contributed by atoms with van der Waals surface area (Å²) in [5.41, 5.74) is 1.71. The smallest absolute Gasteiger partial charge is 0.416 e. The fourth-order valence-corrected chi connectivity index (χ4v) is 3.48. The van der Waals surface area contributed by atoms with Gasteiger partial charge in [-0.1, -0.05) is 23.7 Å². The van der Waals surface area contributed by atoms with E-state index in [0.29, 0.717) is 34.3 Å². The minimum absolute atomic E-state index is 0.159. The van der Waals surface area contributed by atoms with Crippen LogP contribution in [0.5, 0.6) is 5.75 Å². The number of ether oxygens (including phenoxy) is 1. The first-order valence-corrected chi connectivity index (χ1v) is 9.94. The predicted molar refractivity (Wildman–Crippen MR) is 116 cm³/mol. The summed E-state index contributed by atoms with van der Waals surface area (Å²) in [6.45, 7) is 0.222. The van der Waals surface area contributed by atoms with E-state index in [-0.39, 0.29) is 12.3 Å². The zero-order valence-corrected chi connectivity index (χ0v) is 17.3. The highest BCUT2D eigenvalue weighted by molar-refractivity contribution is 6.35. The summed E-state index contributed by atoms with van der Waals surface area (Å²) in [4.78, 5) is 7.32. The van der Waals surface area contributed by atoms with Gasteiger partial charge in [0.05, 0.1) is 17.2 Å². The van der Waals surface area contributed by atoms with E-state index in [1.54, 1.807) is 18.3 Å². The highest BCUT2D eigenvalue weighted by Gasteiger charge is 2.29. The zero-order valence-electron chi connectivity index (χ0n) is 16.5. The maximum atomic E-state index is 12.7. The largest absolute Gasteiger partial charge is 0.493 e. The molecule has 4 rings (SSSR count). The number of alkyl halides is 3. The SMILES string of the molecule is N#Cc1cc(OCCc2ccc(C(F)(F)F)cc2)cc(Nc2cc(Cl)c3cc[nH]c3c2)n1. The van der Waals surface area contributed by atoms with Crippen LogP contribution in [-0.2, 0) is 12.6 Å². The lowest BCUT2D eigenvalue weighted by Gasteiger charge is -2.11. The molecule has 9 heteroatoms. The van der Waals surface area contributed by atoms with Crippen molar-refractivity contribution in [3.63, 3.8) is 0 Å². The van der Waals surface area contributed by atoms with Gasteiger partial charge in [-0.15, -0.1) is 0 Å². The first kappa shape index (κ1) is 21.5. The summed E-state index contributed by atoms with van der Waals surface area (Å²) in [5.74, 6) is 0.813. The number of pyridine rings is 1. The van der Waals surface area contributed by atoms with Crippen LogP contribution in [0, 0.1) is 11.3 Å². The van der Waals surface area contributed by atoms with Crippen molar-refractivity contribution in [2.75, 3.05) is 11.9 Å². The number of rotatable bonds is 6. The Morgan fingerprint density at radius 1 is 1.09 bits per heavy atom. The van der Waals surface area contributed by atoms with Crippen molar-refractivity contribution >= 4 is 34.0 Å². The van der Waals surface area contributed by atoms with Crippen LogP contribution in [0.1, 0.15) is 16.8 Å². The molecular weight excluding hydrogens is 441 g/mol. The number of anilines is 2. The van der Waals surface area contributed by atoms with Gasteiger partial charge < -0.3 is 15.0 Å². The van der Waals surface area contributed by atoms with Crippen LogP contribution in [0.25, 0.3) is 10.9 Å². The van der Waals surface area contributed by atoms with Gasteiger partial charge in [-0.25, -0.2) is 4.98 Å². The van der Waals surface area contributed by atoms with Gasteiger partial charge in [0, 0.05) is 41.3 Å². The Kier molecular flexibility index (Phi) is 5.93. The number of halogens is 4. The number of nitrogens with zero attached hydrogens (tertiary/aromatic N) is 2. The van der Waals surface area contributed by atoms with Crippen molar-refractivity contribution < 1.29 is 17.9 Å². The lowest BCUT2D eigenvalue weighted by Crippen LogP contribution is -2.06. The monoisotopic (exact) mass is 456 g/mol. The molecule has 0 aliphatic rings. The lowest BCUT2D eigenvalue weighted by molar-refractivity contribution is -0.137. The molecule has 0 bridgehead atoms. The molecule has 162 valence electrons. The molecule has 0 atom stereocenters. The quantitative estimate of drug-likeness (QED) is 0.348. The van der Waals surface area contributed by atoms with Crippen LogP contribution in [0.2, 0.25) is 5.02 Å². The molecule has 0 fully saturated rings. The number of hydrogen-bond donors (Lipinski definition) is 2. The second-order valence-electron chi connectivity index (χ2n) is 7.00. The van der Waals surface area contributed by atoms with Gasteiger partial charge in [0.2, 0.25) is 0 Å². The van der Waals surface area contributed by atoms with Crippen molar-refractivity contribution in [1.29, 1.82) is 5.26 Å². The highest BCUT2D eigenvalue weighted by Crippen LogP contribution is 2.30. The number of H-pyrrole nitrogens is 1. The molecule has 2 aromatic carbocycles. The van der Waals surface area contributed by atoms with Crippen molar-refractivity contribution in [3.05, 3.63) is 82.6 Å². The van der Waals surface area contributed by atoms with Gasteiger partial charge >= 0.3 is 6.18 Å². The van der Waals surface area contributed by atoms with Gasteiger partial charge in [0.1, 0.15) is 23.3 Å². The minimum atomic E-state index is -4.36. The Bertz CT molecular complexity index is 1290. The van der Waals surface area contributed by atoms with Crippen LogP contribution >= 0.6 is 11.6 Å². The van der Waals surface area contributed by atoms with Crippen LogP contribution < -0.4 is 10.1 Å². The van der Waals surface area contributed by atoms with Gasteiger partial charge in [-0.05, 0) is 35.9 Å². The first-order valence-electron chi connectivity index (χ1n) is 9.56. The molecule has 0 radical (unpaired) electrons. The summed E-state index contributed by atoms with van der Waals surface area (Å²) in [6, 6.07) is 15.6. The maximum Gasteiger partial charge on any atom is 0.416 e. The molecule has 0 spiro atoms. The number of aromatic amines is 1. The molecule has 2 aromatic heterocycles. The summed E-state index contributed by atoms with van der Waals surface area (Å²) >= 11 is 6.30. The fraction of sp³-hybridized carbons (Fsp3) is 0.130. The molecule has 0 amide bonds. The van der Waals surface area contributed by atoms with Crippen molar-refractivity contribution in [3.8, 4) is 11.8 Å². The van der Waals surface area contributed by atoms with Crippen molar-refractivity contribution in [2.45, 2.75) is 12.6 Å². The summed E-state index contributed by atoms with van der Waals surface area (Å²) < 4.78 is 43.7. The number of hydrogen-bond acceptors (Lipinski definition) is 4. The lowest BCUT2D eigenvalue weighted by atomic mass is 10.1. The Morgan fingerprint density at radius 2 is 1.88 bits per heavy atom. The summed E-state index contributed by atoms with van der Waals surface area (Å²) in [6.07, 6.45) is -2.17. The van der Waals surface area contributed by atoms with Crippen LogP contribution in [0.15, 0.2) is 60.8 Å². The Hall–Kier alpha value is -3.70. The number of benzene rings is 2. The summed E-state index contributed by atoms with van der Waals surface area (Å²) in [5, 5.41) is 13.9. The third kappa shape index (κ3) is 4.95. The first-order chi connectivity index (χ1) is 15.3. The van der Waals surface area contributed by atoms with E-state index in [9.17, 15) is 18.4 Å². The fourth-order valence-electron chi connectivity index (χ4n) is 3.20. The highest BCUT2D eigenvalue weighted by atomic mass is 35.5. The van der Waals surface area contributed by atoms with Crippen molar-refractivity contribution in [2.24, 2.45) is 0 Å². The predicted octanol–water partition coefficient (Wildman–Crippen LogP) is 6.47. The van der Waals surface area contributed by atoms with Gasteiger partial charge in [0.15, 0.2) is 0 Å². The van der Waals surface area contributed by atoms with Crippen LogP contribution in [0.3, 0.4) is 0 Å². The standard InChI is InChI=1S/C23H16ClF3N4O/c24-20-10-16(11-21-19(20)5-7-29-21)30-22-12-18(9-17(13-28)31-22)32-8-6-14-1-3-15(4-2-14)23(25,26)27/h1-5,7,9-12,29H,6,8H2,(H,30,31). The summed E-state index contributed by atoms with van der Waals surface area (Å²) in [7, 11) is 0. The van der Waals surface area contributed by atoms with Crippen LogP contribution in [0.4, 0.5) is 24.7 Å². The average molecular weight is 457 g/mol. The average Bonchev–Trinajstić information content (AvgIpc) is 3.22. The molecule has 0 saturated carbocycles. The van der Waals surface area contributed by atoms with E-state index < -0.39 is 11.7 Å². The third-order valence-electron chi connectivity index (χ3n) is 4.74. The molecule has 0 unspecified atom stereocenters. The topological polar surface area (TPSA) is 73.7 Å². The van der Waals surface area contributed by atoms with E-state index in [2.05, 4.69) is 15.3 Å². The van der Waals surface area contributed by atoms with E-state index >= 15 is 0 Å². The molecule has 2 N–H and O–H groups in total. The molecule has 32 heavy (non-hydrogen) atoms. The van der Waals surface area contributed by atoms with Crippen molar-refractivity contribution in [1.82, 2.24) is 9.97 Å². The van der Waals surface area contributed by atoms with E-state index in [1.807, 2.05) is 18.2 Å². The second-order valence-corrected chi connectivity index (χ2v) is 7.41. The normalized spacial score (nSPS) is 11.3. The molecule has 0 aliphatic heterocycles. The van der Waals surface area contributed by atoms with E-state index in [4.69, 9.17) is 16.3 Å². The minimum Gasteiger partial charge on any atom is -0.493 e. The van der Waals surface area contributed by atoms with Crippen LogP contribution in [-0.4, -0.2) is 16.6 Å². The zero-order chi connectivity index (χ0) is 22.7. The number of aromatic nitrogens is 2. The van der Waals surface area contributed by atoms with Gasteiger partial charge in [-0.2, -0.15) is 18.4 Å². The molecule has 0 aliphatic carbocycles. The Balaban J connectivity index is 1.45. The Labute approximate surface area is 186 Å².